The monoisotopic (exact) mass is 399 g/mol. The van der Waals surface area contributed by atoms with E-state index in [0.717, 1.165) is 28.7 Å². The van der Waals surface area contributed by atoms with E-state index in [0.29, 0.717) is 12.1 Å². The zero-order valence-electron chi connectivity index (χ0n) is 16.5. The molecule has 0 spiro atoms. The number of hydrazone groups is 1. The van der Waals surface area contributed by atoms with Crippen LogP contribution in [0.1, 0.15) is 43.0 Å². The summed E-state index contributed by atoms with van der Waals surface area (Å²) in [7, 11) is -3.32. The summed E-state index contributed by atoms with van der Waals surface area (Å²) in [5, 5.41) is 6.25. The van der Waals surface area contributed by atoms with Crippen LogP contribution in [0.5, 0.6) is 0 Å². The summed E-state index contributed by atoms with van der Waals surface area (Å²) in [6.07, 6.45) is 1.73. The molecule has 0 bridgehead atoms. The lowest BCUT2D eigenvalue weighted by Gasteiger charge is -2.24. The largest absolute Gasteiger partial charge is 0.284 e. The summed E-state index contributed by atoms with van der Waals surface area (Å²) in [5.74, 6) is -0.172. The lowest BCUT2D eigenvalue weighted by atomic mass is 9.95. The molecule has 3 rings (SSSR count). The molecule has 0 aromatic heterocycles. The maximum Gasteiger partial charge on any atom is 0.245 e. The fraction of sp³-hybridized carbons (Fsp3) is 0.333. The highest BCUT2D eigenvalue weighted by Gasteiger charge is 2.34. The number of carbonyl (C=O) groups is 1. The minimum Gasteiger partial charge on any atom is -0.284 e. The first-order valence-corrected chi connectivity index (χ1v) is 11.1. The van der Waals surface area contributed by atoms with Crippen molar-refractivity contribution in [3.05, 3.63) is 65.2 Å². The predicted molar refractivity (Wildman–Crippen MR) is 112 cm³/mol. The maximum absolute atomic E-state index is 12.8. The number of carbonyl (C=O) groups excluding carboxylic acids is 1. The van der Waals surface area contributed by atoms with Crippen molar-refractivity contribution in [3.8, 4) is 0 Å². The number of aryl methyl sites for hydroxylation is 1. The second-order valence-electron chi connectivity index (χ2n) is 7.41. The fourth-order valence-corrected chi connectivity index (χ4v) is 3.86. The molecule has 0 radical (unpaired) electrons. The molecule has 28 heavy (non-hydrogen) atoms. The molecule has 0 saturated heterocycles. The molecule has 7 heteroatoms. The van der Waals surface area contributed by atoms with Gasteiger partial charge in [0.1, 0.15) is 0 Å². The topological polar surface area (TPSA) is 78.8 Å². The first kappa shape index (κ1) is 20.1. The van der Waals surface area contributed by atoms with E-state index >= 15 is 0 Å². The van der Waals surface area contributed by atoms with E-state index in [2.05, 4.69) is 9.82 Å². The third-order valence-electron chi connectivity index (χ3n) is 4.70. The number of anilines is 1. The molecule has 6 nitrogen and oxygen atoms in total. The molecular formula is C21H25N3O3S. The van der Waals surface area contributed by atoms with Crippen LogP contribution >= 0.6 is 0 Å². The second-order valence-corrected chi connectivity index (χ2v) is 9.16. The van der Waals surface area contributed by atoms with Crippen LogP contribution in [0.2, 0.25) is 0 Å². The number of hydrogen-bond donors (Lipinski definition) is 1. The Labute approximate surface area is 166 Å². The lowest BCUT2D eigenvalue weighted by molar-refractivity contribution is -0.136. The van der Waals surface area contributed by atoms with E-state index in [1.54, 1.807) is 17.1 Å². The van der Waals surface area contributed by atoms with Gasteiger partial charge in [0, 0.05) is 18.0 Å². The number of amides is 1. The van der Waals surface area contributed by atoms with Gasteiger partial charge in [-0.05, 0) is 35.7 Å². The first-order valence-electron chi connectivity index (χ1n) is 9.20. The van der Waals surface area contributed by atoms with Crippen LogP contribution in [0.25, 0.3) is 0 Å². The number of sulfonamides is 1. The second kappa shape index (κ2) is 7.75. The SMILES string of the molecule is Cc1ccccc1[C@H]1CC(c2ccc(NS(C)(=O)=O)cc2)=NN1C(=O)C(C)C. The van der Waals surface area contributed by atoms with Gasteiger partial charge in [-0.3, -0.25) is 9.52 Å². The third kappa shape index (κ3) is 4.42. The Morgan fingerprint density at radius 1 is 1.14 bits per heavy atom. The van der Waals surface area contributed by atoms with Gasteiger partial charge in [0.2, 0.25) is 15.9 Å². The Kier molecular flexibility index (Phi) is 5.56. The third-order valence-corrected chi connectivity index (χ3v) is 5.31. The molecule has 1 heterocycles. The van der Waals surface area contributed by atoms with Crippen LogP contribution in [-0.4, -0.2) is 31.3 Å². The molecule has 0 aliphatic carbocycles. The molecular weight excluding hydrogens is 374 g/mol. The predicted octanol–water partition coefficient (Wildman–Crippen LogP) is 3.70. The molecule has 148 valence electrons. The van der Waals surface area contributed by atoms with Crippen molar-refractivity contribution in [2.45, 2.75) is 33.2 Å². The molecule has 2 aromatic rings. The van der Waals surface area contributed by atoms with Gasteiger partial charge in [-0.25, -0.2) is 13.4 Å². The van der Waals surface area contributed by atoms with Crippen molar-refractivity contribution in [1.29, 1.82) is 0 Å². The van der Waals surface area contributed by atoms with Crippen LogP contribution in [0.15, 0.2) is 53.6 Å². The minimum absolute atomic E-state index is 0.0152. The fourth-order valence-electron chi connectivity index (χ4n) is 3.30. The highest BCUT2D eigenvalue weighted by atomic mass is 32.2. The zero-order valence-corrected chi connectivity index (χ0v) is 17.3. The highest BCUT2D eigenvalue weighted by Crippen LogP contribution is 2.35. The van der Waals surface area contributed by atoms with E-state index in [-0.39, 0.29) is 17.9 Å². The van der Waals surface area contributed by atoms with E-state index < -0.39 is 10.0 Å². The van der Waals surface area contributed by atoms with Gasteiger partial charge in [0.15, 0.2) is 0 Å². The Morgan fingerprint density at radius 3 is 2.36 bits per heavy atom. The smallest absolute Gasteiger partial charge is 0.245 e. The Balaban J connectivity index is 1.93. The number of hydrogen-bond acceptors (Lipinski definition) is 4. The zero-order chi connectivity index (χ0) is 20.5. The van der Waals surface area contributed by atoms with Gasteiger partial charge in [-0.15, -0.1) is 0 Å². The number of nitrogens with one attached hydrogen (secondary N) is 1. The van der Waals surface area contributed by atoms with E-state index in [1.165, 1.54) is 0 Å². The van der Waals surface area contributed by atoms with Crippen molar-refractivity contribution in [1.82, 2.24) is 5.01 Å². The molecule has 2 aromatic carbocycles. The molecule has 0 fully saturated rings. The van der Waals surface area contributed by atoms with Crippen LogP contribution in [0, 0.1) is 12.8 Å². The van der Waals surface area contributed by atoms with Gasteiger partial charge < -0.3 is 0 Å². The summed E-state index contributed by atoms with van der Waals surface area (Å²) in [6.45, 7) is 5.78. The van der Waals surface area contributed by atoms with Crippen molar-refractivity contribution in [2.75, 3.05) is 11.0 Å². The van der Waals surface area contributed by atoms with Gasteiger partial charge in [-0.1, -0.05) is 50.2 Å². The highest BCUT2D eigenvalue weighted by molar-refractivity contribution is 7.92. The Morgan fingerprint density at radius 2 is 1.79 bits per heavy atom. The quantitative estimate of drug-likeness (QED) is 0.833. The van der Waals surface area contributed by atoms with Gasteiger partial charge in [0.05, 0.1) is 18.0 Å². The Bertz CT molecular complexity index is 1010. The van der Waals surface area contributed by atoms with Crippen molar-refractivity contribution in [3.63, 3.8) is 0 Å². The Hall–Kier alpha value is -2.67. The molecule has 1 aliphatic heterocycles. The summed E-state index contributed by atoms with van der Waals surface area (Å²) in [6, 6.07) is 15.0. The first-order chi connectivity index (χ1) is 13.2. The van der Waals surface area contributed by atoms with Gasteiger partial charge in [0.25, 0.3) is 0 Å². The summed E-state index contributed by atoms with van der Waals surface area (Å²) >= 11 is 0. The summed E-state index contributed by atoms with van der Waals surface area (Å²) in [4.78, 5) is 12.8. The van der Waals surface area contributed by atoms with Crippen molar-refractivity contribution < 1.29 is 13.2 Å². The van der Waals surface area contributed by atoms with Crippen LogP contribution in [0.4, 0.5) is 5.69 Å². The van der Waals surface area contributed by atoms with E-state index in [1.807, 2.05) is 57.2 Å². The summed E-state index contributed by atoms with van der Waals surface area (Å²) < 4.78 is 25.2. The summed E-state index contributed by atoms with van der Waals surface area (Å²) in [5.41, 5.74) is 4.39. The number of rotatable bonds is 5. The molecule has 1 atom stereocenters. The van der Waals surface area contributed by atoms with Gasteiger partial charge >= 0.3 is 0 Å². The van der Waals surface area contributed by atoms with Crippen LogP contribution < -0.4 is 4.72 Å². The van der Waals surface area contributed by atoms with Crippen molar-refractivity contribution >= 4 is 27.3 Å². The van der Waals surface area contributed by atoms with Gasteiger partial charge in [-0.2, -0.15) is 5.10 Å². The average molecular weight is 400 g/mol. The maximum atomic E-state index is 12.8. The normalized spacial score (nSPS) is 17.0. The molecule has 1 N–H and O–H groups in total. The number of nitrogens with zero attached hydrogens (tertiary/aromatic N) is 2. The molecule has 0 saturated carbocycles. The molecule has 0 unspecified atom stereocenters. The lowest BCUT2D eigenvalue weighted by Crippen LogP contribution is -2.30. The molecule has 1 amide bonds. The van der Waals surface area contributed by atoms with E-state index in [9.17, 15) is 13.2 Å². The van der Waals surface area contributed by atoms with E-state index in [4.69, 9.17) is 0 Å². The van der Waals surface area contributed by atoms with Crippen LogP contribution in [-0.2, 0) is 14.8 Å². The molecule has 1 aliphatic rings. The van der Waals surface area contributed by atoms with Crippen LogP contribution in [0.3, 0.4) is 0 Å². The standard InChI is InChI=1S/C21H25N3O3S/c1-14(2)21(25)24-20(18-8-6-5-7-15(18)3)13-19(22-24)16-9-11-17(12-10-16)23-28(4,26)27/h5-12,14,20,23H,13H2,1-4H3/t20-/m1/s1. The number of benzene rings is 2. The average Bonchev–Trinajstić information content (AvgIpc) is 3.05. The minimum atomic E-state index is -3.32. The van der Waals surface area contributed by atoms with Crippen molar-refractivity contribution in [2.24, 2.45) is 11.0 Å².